The van der Waals surface area contributed by atoms with Crippen molar-refractivity contribution in [2.24, 2.45) is 5.73 Å². The molecule has 2 unspecified atom stereocenters. The van der Waals surface area contributed by atoms with Crippen molar-refractivity contribution >= 4 is 11.3 Å². The molecule has 0 radical (unpaired) electrons. The molecule has 0 amide bonds. The van der Waals surface area contributed by atoms with E-state index in [0.29, 0.717) is 6.61 Å². The van der Waals surface area contributed by atoms with Crippen molar-refractivity contribution in [2.45, 2.75) is 25.7 Å². The molecule has 19 heavy (non-hydrogen) atoms. The van der Waals surface area contributed by atoms with E-state index in [0.717, 1.165) is 16.9 Å². The van der Waals surface area contributed by atoms with Gasteiger partial charge in [-0.3, -0.25) is 0 Å². The van der Waals surface area contributed by atoms with Crippen LogP contribution in [0.1, 0.15) is 24.2 Å². The molecule has 0 saturated carbocycles. The van der Waals surface area contributed by atoms with E-state index in [1.54, 1.807) is 18.4 Å². The summed E-state index contributed by atoms with van der Waals surface area (Å²) in [5, 5.41) is 4.11. The van der Waals surface area contributed by atoms with Gasteiger partial charge in [-0.1, -0.05) is 12.1 Å². The zero-order valence-corrected chi connectivity index (χ0v) is 12.0. The average Bonchev–Trinajstić information content (AvgIpc) is 2.90. The first-order valence-corrected chi connectivity index (χ1v) is 7.17. The maximum Gasteiger partial charge on any atom is 0.139 e. The SMILES string of the molecule is COCc1cccc(OC(c2ccsc2)C(C)N)c1. The van der Waals surface area contributed by atoms with E-state index in [-0.39, 0.29) is 12.1 Å². The summed E-state index contributed by atoms with van der Waals surface area (Å²) in [5.74, 6) is 0.822. The fraction of sp³-hybridized carbons (Fsp3) is 0.333. The molecule has 1 heterocycles. The molecule has 0 aliphatic carbocycles. The zero-order chi connectivity index (χ0) is 13.7. The van der Waals surface area contributed by atoms with Gasteiger partial charge < -0.3 is 15.2 Å². The van der Waals surface area contributed by atoms with Gasteiger partial charge in [-0.2, -0.15) is 11.3 Å². The van der Waals surface area contributed by atoms with Crippen LogP contribution in [0.25, 0.3) is 0 Å². The Morgan fingerprint density at radius 3 is 2.79 bits per heavy atom. The first-order chi connectivity index (χ1) is 9.20. The zero-order valence-electron chi connectivity index (χ0n) is 11.2. The first kappa shape index (κ1) is 14.1. The molecule has 4 heteroatoms. The molecule has 2 aromatic rings. The molecule has 0 bridgehead atoms. The van der Waals surface area contributed by atoms with Gasteiger partial charge in [0.25, 0.3) is 0 Å². The van der Waals surface area contributed by atoms with Crippen LogP contribution in [0, 0.1) is 0 Å². The molecule has 2 rings (SSSR count). The topological polar surface area (TPSA) is 44.5 Å². The molecule has 0 saturated heterocycles. The molecule has 102 valence electrons. The van der Waals surface area contributed by atoms with Gasteiger partial charge in [-0.25, -0.2) is 0 Å². The highest BCUT2D eigenvalue weighted by molar-refractivity contribution is 7.07. The van der Waals surface area contributed by atoms with Crippen LogP contribution in [0.15, 0.2) is 41.1 Å². The Balaban J connectivity index is 2.15. The maximum absolute atomic E-state index is 6.03. The van der Waals surface area contributed by atoms with Crippen LogP contribution in [0.4, 0.5) is 0 Å². The van der Waals surface area contributed by atoms with Gasteiger partial charge in [-0.05, 0) is 41.4 Å². The summed E-state index contributed by atoms with van der Waals surface area (Å²) in [6.07, 6.45) is -0.121. The Labute approximate surface area is 118 Å². The normalized spacial score (nSPS) is 14.1. The monoisotopic (exact) mass is 277 g/mol. The molecular weight excluding hydrogens is 258 g/mol. The molecule has 1 aromatic carbocycles. The van der Waals surface area contributed by atoms with Crippen molar-refractivity contribution in [3.8, 4) is 5.75 Å². The fourth-order valence-corrected chi connectivity index (χ4v) is 2.62. The molecule has 2 atom stereocenters. The van der Waals surface area contributed by atoms with Crippen molar-refractivity contribution in [2.75, 3.05) is 7.11 Å². The van der Waals surface area contributed by atoms with Gasteiger partial charge >= 0.3 is 0 Å². The first-order valence-electron chi connectivity index (χ1n) is 6.23. The van der Waals surface area contributed by atoms with Crippen LogP contribution in [-0.4, -0.2) is 13.2 Å². The van der Waals surface area contributed by atoms with Crippen molar-refractivity contribution in [3.05, 3.63) is 52.2 Å². The van der Waals surface area contributed by atoms with Crippen LogP contribution < -0.4 is 10.5 Å². The van der Waals surface area contributed by atoms with E-state index in [9.17, 15) is 0 Å². The summed E-state index contributed by atoms with van der Waals surface area (Å²) in [7, 11) is 1.68. The molecule has 0 spiro atoms. The maximum atomic E-state index is 6.03. The Bertz CT molecular complexity index is 497. The van der Waals surface area contributed by atoms with Gasteiger partial charge in [0.1, 0.15) is 11.9 Å². The van der Waals surface area contributed by atoms with Crippen molar-refractivity contribution in [1.82, 2.24) is 0 Å². The van der Waals surface area contributed by atoms with Crippen LogP contribution >= 0.6 is 11.3 Å². The molecular formula is C15H19NO2S. The number of benzene rings is 1. The lowest BCUT2D eigenvalue weighted by Crippen LogP contribution is -2.28. The summed E-state index contributed by atoms with van der Waals surface area (Å²) < 4.78 is 11.2. The quantitative estimate of drug-likeness (QED) is 0.880. The molecule has 0 aliphatic heterocycles. The summed E-state index contributed by atoms with van der Waals surface area (Å²) in [6.45, 7) is 2.54. The number of thiophene rings is 1. The minimum absolute atomic E-state index is 0.0688. The highest BCUT2D eigenvalue weighted by Crippen LogP contribution is 2.26. The standard InChI is InChI=1S/C15H19NO2S/c1-11(16)15(13-6-7-19-10-13)18-14-5-3-4-12(8-14)9-17-2/h3-8,10-11,15H,9,16H2,1-2H3. The second kappa shape index (κ2) is 6.70. The predicted octanol–water partition coefficient (Wildman–Crippen LogP) is 3.36. The largest absolute Gasteiger partial charge is 0.484 e. The smallest absolute Gasteiger partial charge is 0.139 e. The summed E-state index contributed by atoms with van der Waals surface area (Å²) in [4.78, 5) is 0. The Morgan fingerprint density at radius 1 is 1.32 bits per heavy atom. The van der Waals surface area contributed by atoms with E-state index < -0.39 is 0 Å². The van der Waals surface area contributed by atoms with E-state index in [2.05, 4.69) is 11.4 Å². The number of rotatable bonds is 6. The highest BCUT2D eigenvalue weighted by atomic mass is 32.1. The number of hydrogen-bond donors (Lipinski definition) is 1. The minimum Gasteiger partial charge on any atom is -0.484 e. The Morgan fingerprint density at radius 2 is 2.16 bits per heavy atom. The summed E-state index contributed by atoms with van der Waals surface area (Å²) in [5.41, 5.74) is 8.24. The van der Waals surface area contributed by atoms with Gasteiger partial charge in [0, 0.05) is 18.7 Å². The lowest BCUT2D eigenvalue weighted by atomic mass is 10.1. The molecule has 1 aromatic heterocycles. The van der Waals surface area contributed by atoms with Gasteiger partial charge in [0.15, 0.2) is 0 Å². The van der Waals surface area contributed by atoms with Gasteiger partial charge in [-0.15, -0.1) is 0 Å². The second-order valence-corrected chi connectivity index (χ2v) is 5.31. The minimum atomic E-state index is -0.121. The number of hydrogen-bond acceptors (Lipinski definition) is 4. The molecule has 2 N–H and O–H groups in total. The number of methoxy groups -OCH3 is 1. The van der Waals surface area contributed by atoms with E-state index >= 15 is 0 Å². The second-order valence-electron chi connectivity index (χ2n) is 4.53. The Kier molecular flexibility index (Phi) is 4.96. The number of ether oxygens (including phenoxy) is 2. The average molecular weight is 277 g/mol. The van der Waals surface area contributed by atoms with Gasteiger partial charge in [0.2, 0.25) is 0 Å². The third kappa shape index (κ3) is 3.80. The van der Waals surface area contributed by atoms with E-state index in [1.165, 1.54) is 0 Å². The highest BCUT2D eigenvalue weighted by Gasteiger charge is 2.18. The third-order valence-corrected chi connectivity index (χ3v) is 3.52. The van der Waals surface area contributed by atoms with Crippen LogP contribution in [0.2, 0.25) is 0 Å². The van der Waals surface area contributed by atoms with E-state index in [4.69, 9.17) is 15.2 Å². The van der Waals surface area contributed by atoms with Crippen LogP contribution in [-0.2, 0) is 11.3 Å². The fourth-order valence-electron chi connectivity index (χ4n) is 1.94. The number of nitrogens with two attached hydrogens (primary N) is 1. The summed E-state index contributed by atoms with van der Waals surface area (Å²) in [6, 6.07) is 9.90. The van der Waals surface area contributed by atoms with Crippen molar-refractivity contribution < 1.29 is 9.47 Å². The van der Waals surface area contributed by atoms with Crippen molar-refractivity contribution in [1.29, 1.82) is 0 Å². The third-order valence-electron chi connectivity index (χ3n) is 2.82. The lowest BCUT2D eigenvalue weighted by Gasteiger charge is -2.22. The van der Waals surface area contributed by atoms with Crippen LogP contribution in [0.5, 0.6) is 5.75 Å². The summed E-state index contributed by atoms with van der Waals surface area (Å²) >= 11 is 1.65. The van der Waals surface area contributed by atoms with Crippen LogP contribution in [0.3, 0.4) is 0 Å². The lowest BCUT2D eigenvalue weighted by molar-refractivity contribution is 0.175. The molecule has 3 nitrogen and oxygen atoms in total. The molecule has 0 fully saturated rings. The predicted molar refractivity (Wildman–Crippen MR) is 78.5 cm³/mol. The Hall–Kier alpha value is -1.36. The van der Waals surface area contributed by atoms with Crippen molar-refractivity contribution in [3.63, 3.8) is 0 Å². The molecule has 0 aliphatic rings. The van der Waals surface area contributed by atoms with E-state index in [1.807, 2.05) is 36.6 Å². The van der Waals surface area contributed by atoms with Gasteiger partial charge in [0.05, 0.1) is 6.61 Å².